The van der Waals surface area contributed by atoms with Gasteiger partial charge >= 0.3 is 0 Å². The van der Waals surface area contributed by atoms with Crippen LogP contribution in [0.15, 0.2) is 34.9 Å². The molecule has 3 heterocycles. The summed E-state index contributed by atoms with van der Waals surface area (Å²) in [4.78, 5) is 9.92. The fourth-order valence-corrected chi connectivity index (χ4v) is 5.86. The van der Waals surface area contributed by atoms with Gasteiger partial charge in [-0.2, -0.15) is 4.98 Å². The van der Waals surface area contributed by atoms with Crippen molar-refractivity contribution < 1.29 is 4.52 Å². The molecule has 1 spiro atoms. The largest absolute Gasteiger partial charge is 0.339 e. The first-order valence-corrected chi connectivity index (χ1v) is 11.0. The summed E-state index contributed by atoms with van der Waals surface area (Å²) in [7, 11) is 0. The molecule has 2 aliphatic heterocycles. The molecule has 150 valence electrons. The van der Waals surface area contributed by atoms with Crippen molar-refractivity contribution in [2.45, 2.75) is 51.5 Å². The summed E-state index contributed by atoms with van der Waals surface area (Å²) in [6.07, 6.45) is 7.15. The van der Waals surface area contributed by atoms with E-state index in [2.05, 4.69) is 50.3 Å². The third kappa shape index (κ3) is 3.62. The number of nitrogens with zero attached hydrogens (tertiary/aromatic N) is 4. The molecule has 5 nitrogen and oxygen atoms in total. The number of benzene rings is 1. The van der Waals surface area contributed by atoms with Crippen LogP contribution in [0.4, 0.5) is 0 Å². The average Bonchev–Trinajstić information content (AvgIpc) is 3.27. The van der Waals surface area contributed by atoms with Gasteiger partial charge in [-0.05, 0) is 31.2 Å². The van der Waals surface area contributed by atoms with Crippen LogP contribution in [0.2, 0.25) is 0 Å². The molecular weight excluding hydrogens is 348 g/mol. The fraction of sp³-hybridized carbons (Fsp3) is 0.652. The van der Waals surface area contributed by atoms with Crippen molar-refractivity contribution in [3.63, 3.8) is 0 Å². The van der Waals surface area contributed by atoms with Crippen LogP contribution in [0.3, 0.4) is 0 Å². The molecule has 0 amide bonds. The van der Waals surface area contributed by atoms with Gasteiger partial charge in [-0.25, -0.2) is 0 Å². The number of hydrogen-bond donors (Lipinski definition) is 0. The maximum absolute atomic E-state index is 5.66. The summed E-state index contributed by atoms with van der Waals surface area (Å²) in [5.74, 6) is 2.88. The summed E-state index contributed by atoms with van der Waals surface area (Å²) >= 11 is 0. The lowest BCUT2D eigenvalue weighted by Gasteiger charge is -2.51. The molecule has 1 aliphatic carbocycles. The Morgan fingerprint density at radius 3 is 2.50 bits per heavy atom. The Kier molecular flexibility index (Phi) is 4.97. The highest BCUT2D eigenvalue weighted by Crippen LogP contribution is 2.49. The van der Waals surface area contributed by atoms with Gasteiger partial charge in [-0.3, -0.25) is 4.90 Å². The molecule has 5 heteroatoms. The lowest BCUT2D eigenvalue weighted by molar-refractivity contribution is -0.0218. The highest BCUT2D eigenvalue weighted by Gasteiger charge is 2.56. The summed E-state index contributed by atoms with van der Waals surface area (Å²) in [5, 5.41) is 4.09. The van der Waals surface area contributed by atoms with Crippen molar-refractivity contribution in [2.75, 3.05) is 32.7 Å². The van der Waals surface area contributed by atoms with Crippen LogP contribution in [-0.2, 0) is 6.54 Å². The third-order valence-electron chi connectivity index (χ3n) is 7.13. The van der Waals surface area contributed by atoms with E-state index in [-0.39, 0.29) is 5.41 Å². The van der Waals surface area contributed by atoms with Crippen LogP contribution in [0.25, 0.3) is 0 Å². The Hall–Kier alpha value is -1.72. The van der Waals surface area contributed by atoms with E-state index in [9.17, 15) is 0 Å². The lowest BCUT2D eigenvalue weighted by Crippen LogP contribution is -2.60. The fourth-order valence-electron chi connectivity index (χ4n) is 5.86. The number of rotatable bonds is 5. The maximum atomic E-state index is 5.66. The van der Waals surface area contributed by atoms with Gasteiger partial charge in [0.1, 0.15) is 0 Å². The lowest BCUT2D eigenvalue weighted by atomic mass is 9.71. The topological polar surface area (TPSA) is 45.4 Å². The van der Waals surface area contributed by atoms with Crippen molar-refractivity contribution in [1.29, 1.82) is 0 Å². The van der Waals surface area contributed by atoms with E-state index in [4.69, 9.17) is 4.52 Å². The second kappa shape index (κ2) is 7.60. The highest BCUT2D eigenvalue weighted by molar-refractivity contribution is 5.19. The van der Waals surface area contributed by atoms with E-state index in [0.29, 0.717) is 5.92 Å². The molecule has 0 radical (unpaired) electrons. The van der Waals surface area contributed by atoms with Crippen LogP contribution >= 0.6 is 0 Å². The smallest absolute Gasteiger partial charge is 0.231 e. The van der Waals surface area contributed by atoms with E-state index in [1.165, 1.54) is 57.3 Å². The van der Waals surface area contributed by atoms with E-state index in [1.54, 1.807) is 0 Å². The molecule has 1 aromatic heterocycles. The predicted octanol–water partition coefficient (Wildman–Crippen LogP) is 3.86. The van der Waals surface area contributed by atoms with Crippen molar-refractivity contribution in [1.82, 2.24) is 19.9 Å². The normalized spacial score (nSPS) is 26.0. The number of hydrogen-bond acceptors (Lipinski definition) is 5. The number of aromatic nitrogens is 2. The first kappa shape index (κ1) is 18.3. The molecular formula is C23H32N4O. The predicted molar refractivity (Wildman–Crippen MR) is 109 cm³/mol. The zero-order valence-corrected chi connectivity index (χ0v) is 17.0. The minimum Gasteiger partial charge on any atom is -0.339 e. The molecule has 5 rings (SSSR count). The monoisotopic (exact) mass is 380 g/mol. The minimum atomic E-state index is 0.280. The molecule has 1 saturated carbocycles. The zero-order chi connectivity index (χ0) is 19.0. The van der Waals surface area contributed by atoms with E-state index < -0.39 is 0 Å². The third-order valence-corrected chi connectivity index (χ3v) is 7.13. The van der Waals surface area contributed by atoms with Crippen molar-refractivity contribution >= 4 is 0 Å². The zero-order valence-electron chi connectivity index (χ0n) is 17.0. The standard InChI is InChI=1S/C23H32N4O/c1-18-24-22(28-25-18)21-14-26(12-19-8-4-2-5-9-19)15-23(21)16-27(17-23)13-20-10-6-3-7-11-20/h2,4-5,8-9,20-21H,3,6-7,10-17H2,1H3. The van der Waals surface area contributed by atoms with Crippen molar-refractivity contribution in [3.8, 4) is 0 Å². The summed E-state index contributed by atoms with van der Waals surface area (Å²) in [6, 6.07) is 10.8. The first-order valence-electron chi connectivity index (χ1n) is 11.0. The Morgan fingerprint density at radius 1 is 1.04 bits per heavy atom. The molecule has 1 atom stereocenters. The average molecular weight is 381 g/mol. The van der Waals surface area contributed by atoms with Crippen LogP contribution < -0.4 is 0 Å². The number of aryl methyl sites for hydroxylation is 1. The van der Waals surface area contributed by atoms with E-state index in [1.807, 2.05) is 6.92 Å². The van der Waals surface area contributed by atoms with Gasteiger partial charge in [0.05, 0.1) is 5.92 Å². The molecule has 3 fully saturated rings. The van der Waals surface area contributed by atoms with Gasteiger partial charge in [0.25, 0.3) is 0 Å². The van der Waals surface area contributed by atoms with Gasteiger partial charge in [-0.1, -0.05) is 54.8 Å². The maximum Gasteiger partial charge on any atom is 0.231 e. The van der Waals surface area contributed by atoms with E-state index >= 15 is 0 Å². The molecule has 2 aromatic rings. The quantitative estimate of drug-likeness (QED) is 0.788. The van der Waals surface area contributed by atoms with Crippen molar-refractivity contribution in [3.05, 3.63) is 47.6 Å². The Morgan fingerprint density at radius 2 is 1.79 bits per heavy atom. The Bertz CT molecular complexity index is 777. The summed E-state index contributed by atoms with van der Waals surface area (Å²) < 4.78 is 5.66. The second-order valence-corrected chi connectivity index (χ2v) is 9.42. The Balaban J connectivity index is 1.28. The van der Waals surface area contributed by atoms with Gasteiger partial charge in [0.2, 0.25) is 5.89 Å². The van der Waals surface area contributed by atoms with Gasteiger partial charge in [-0.15, -0.1) is 0 Å². The number of likely N-dealkylation sites (tertiary alicyclic amines) is 2. The van der Waals surface area contributed by atoms with Gasteiger partial charge in [0, 0.05) is 44.7 Å². The summed E-state index contributed by atoms with van der Waals surface area (Å²) in [5.41, 5.74) is 1.67. The van der Waals surface area contributed by atoms with Crippen LogP contribution in [0.1, 0.15) is 55.3 Å². The van der Waals surface area contributed by atoms with Crippen molar-refractivity contribution in [2.24, 2.45) is 11.3 Å². The van der Waals surface area contributed by atoms with Crippen LogP contribution in [-0.4, -0.2) is 52.7 Å². The molecule has 1 unspecified atom stereocenters. The van der Waals surface area contributed by atoms with E-state index in [0.717, 1.165) is 37.3 Å². The molecule has 3 aliphatic rings. The molecule has 2 saturated heterocycles. The second-order valence-electron chi connectivity index (χ2n) is 9.42. The van der Waals surface area contributed by atoms with Crippen LogP contribution in [0.5, 0.6) is 0 Å². The summed E-state index contributed by atoms with van der Waals surface area (Å²) in [6.45, 7) is 8.74. The molecule has 0 N–H and O–H groups in total. The minimum absolute atomic E-state index is 0.280. The Labute approximate surface area is 168 Å². The highest BCUT2D eigenvalue weighted by atomic mass is 16.5. The van der Waals surface area contributed by atoms with Crippen LogP contribution in [0, 0.1) is 18.3 Å². The molecule has 0 bridgehead atoms. The molecule has 1 aromatic carbocycles. The first-order chi connectivity index (χ1) is 13.7. The molecule has 28 heavy (non-hydrogen) atoms. The SMILES string of the molecule is Cc1noc(C2CN(Cc3ccccc3)CC23CN(CC2CCCCC2)C3)n1. The van der Waals surface area contributed by atoms with Gasteiger partial charge in [0.15, 0.2) is 5.82 Å². The van der Waals surface area contributed by atoms with Gasteiger partial charge < -0.3 is 9.42 Å².